The molecule has 0 bridgehead atoms. The van der Waals surface area contributed by atoms with Gasteiger partial charge in [-0.25, -0.2) is 0 Å². The van der Waals surface area contributed by atoms with Crippen molar-refractivity contribution < 1.29 is 9.90 Å². The Morgan fingerprint density at radius 1 is 1.35 bits per heavy atom. The smallest absolute Gasteiger partial charge is 0.324 e. The molecule has 0 amide bonds. The summed E-state index contributed by atoms with van der Waals surface area (Å²) in [5.74, 6) is -0.738. The van der Waals surface area contributed by atoms with Crippen LogP contribution in [0.25, 0.3) is 0 Å². The van der Waals surface area contributed by atoms with E-state index in [1.165, 1.54) is 25.9 Å². The first kappa shape index (κ1) is 15.7. The molecule has 2 saturated heterocycles. The number of carboxylic acid groups (broad SMARTS) is 1. The van der Waals surface area contributed by atoms with Gasteiger partial charge < -0.3 is 10.4 Å². The zero-order valence-electron chi connectivity index (χ0n) is 12.9. The van der Waals surface area contributed by atoms with E-state index in [-0.39, 0.29) is 0 Å². The topological polar surface area (TPSA) is 55.8 Å². The molecule has 0 aromatic carbocycles. The summed E-state index contributed by atoms with van der Waals surface area (Å²) in [6.45, 7) is 9.69. The summed E-state index contributed by atoms with van der Waals surface area (Å²) in [7, 11) is 0. The molecule has 5 heteroatoms. The maximum Gasteiger partial charge on any atom is 0.324 e. The van der Waals surface area contributed by atoms with Crippen LogP contribution in [0.2, 0.25) is 0 Å². The lowest BCUT2D eigenvalue weighted by atomic mass is 10.0. The molecular formula is C15H29N3O2. The van der Waals surface area contributed by atoms with Crippen LogP contribution in [-0.2, 0) is 4.79 Å². The van der Waals surface area contributed by atoms with E-state index in [0.29, 0.717) is 12.6 Å². The molecule has 2 rings (SSSR count). The molecule has 2 unspecified atom stereocenters. The normalized spacial score (nSPS) is 27.8. The molecule has 0 saturated carbocycles. The quantitative estimate of drug-likeness (QED) is 0.761. The number of hydrogen-bond donors (Lipinski definition) is 2. The summed E-state index contributed by atoms with van der Waals surface area (Å²) in [5.41, 5.74) is -0.830. The van der Waals surface area contributed by atoms with Crippen molar-refractivity contribution in [3.8, 4) is 0 Å². The number of hydrogen-bond acceptors (Lipinski definition) is 4. The minimum absolute atomic E-state index is 0.604. The highest BCUT2D eigenvalue weighted by atomic mass is 16.4. The van der Waals surface area contributed by atoms with Crippen molar-refractivity contribution in [1.29, 1.82) is 0 Å². The lowest BCUT2D eigenvalue weighted by Gasteiger charge is -2.34. The maximum absolute atomic E-state index is 11.6. The number of carboxylic acids is 1. The third-order valence-electron chi connectivity index (χ3n) is 4.66. The second-order valence-electron chi connectivity index (χ2n) is 6.48. The van der Waals surface area contributed by atoms with Gasteiger partial charge in [0.05, 0.1) is 0 Å². The van der Waals surface area contributed by atoms with Crippen LogP contribution in [0.3, 0.4) is 0 Å². The molecule has 2 fully saturated rings. The fraction of sp³-hybridized carbons (Fsp3) is 0.933. The highest BCUT2D eigenvalue weighted by molar-refractivity contribution is 5.78. The number of nitrogens with one attached hydrogen (secondary N) is 1. The van der Waals surface area contributed by atoms with Crippen LogP contribution in [0.4, 0.5) is 0 Å². The molecule has 0 aromatic heterocycles. The Bertz CT molecular complexity index is 337. The monoisotopic (exact) mass is 283 g/mol. The van der Waals surface area contributed by atoms with E-state index in [9.17, 15) is 9.90 Å². The summed E-state index contributed by atoms with van der Waals surface area (Å²) in [5, 5.41) is 12.8. The average molecular weight is 283 g/mol. The molecule has 0 aliphatic carbocycles. The van der Waals surface area contributed by atoms with Gasteiger partial charge in [-0.05, 0) is 58.8 Å². The molecule has 0 radical (unpaired) electrons. The molecule has 20 heavy (non-hydrogen) atoms. The van der Waals surface area contributed by atoms with Crippen LogP contribution in [0.1, 0.15) is 39.5 Å². The molecule has 0 spiro atoms. The van der Waals surface area contributed by atoms with E-state index in [2.05, 4.69) is 22.0 Å². The Labute approximate surface area is 122 Å². The second kappa shape index (κ2) is 6.87. The van der Waals surface area contributed by atoms with Gasteiger partial charge in [-0.1, -0.05) is 6.92 Å². The number of aliphatic carboxylic acids is 1. The molecule has 0 aromatic rings. The minimum atomic E-state index is -0.830. The van der Waals surface area contributed by atoms with Crippen LogP contribution >= 0.6 is 0 Å². The van der Waals surface area contributed by atoms with Crippen molar-refractivity contribution in [1.82, 2.24) is 15.1 Å². The number of fused-ring (bicyclic) bond motifs is 1. The van der Waals surface area contributed by atoms with Crippen LogP contribution < -0.4 is 5.32 Å². The van der Waals surface area contributed by atoms with Gasteiger partial charge in [0.1, 0.15) is 5.54 Å². The van der Waals surface area contributed by atoms with E-state index in [4.69, 9.17) is 0 Å². The standard InChI is InChI=1S/C15H29N3O2/c1-3-7-16-15(2,14(19)20)12-17-8-5-10-18-9-4-6-13(18)11-17/h13,16H,3-12H2,1-2H3,(H,19,20). The van der Waals surface area contributed by atoms with Gasteiger partial charge in [0.25, 0.3) is 0 Å². The maximum atomic E-state index is 11.6. The second-order valence-corrected chi connectivity index (χ2v) is 6.48. The van der Waals surface area contributed by atoms with Crippen molar-refractivity contribution in [2.24, 2.45) is 0 Å². The number of nitrogens with zero attached hydrogens (tertiary/aromatic N) is 2. The van der Waals surface area contributed by atoms with E-state index in [0.717, 1.165) is 32.5 Å². The lowest BCUT2D eigenvalue weighted by molar-refractivity contribution is -0.145. The summed E-state index contributed by atoms with van der Waals surface area (Å²) < 4.78 is 0. The first-order chi connectivity index (χ1) is 9.55. The highest BCUT2D eigenvalue weighted by Crippen LogP contribution is 2.22. The molecule has 2 heterocycles. The predicted octanol–water partition coefficient (Wildman–Crippen LogP) is 0.999. The van der Waals surface area contributed by atoms with Crippen molar-refractivity contribution in [3.63, 3.8) is 0 Å². The lowest BCUT2D eigenvalue weighted by Crippen LogP contribution is -2.58. The van der Waals surface area contributed by atoms with Crippen LogP contribution in [0.15, 0.2) is 0 Å². The average Bonchev–Trinajstić information content (AvgIpc) is 2.75. The van der Waals surface area contributed by atoms with Crippen LogP contribution in [0.5, 0.6) is 0 Å². The fourth-order valence-corrected chi connectivity index (χ4v) is 3.47. The number of carbonyl (C=O) groups is 1. The van der Waals surface area contributed by atoms with E-state index >= 15 is 0 Å². The summed E-state index contributed by atoms with van der Waals surface area (Å²) >= 11 is 0. The Morgan fingerprint density at radius 3 is 2.80 bits per heavy atom. The highest BCUT2D eigenvalue weighted by Gasteiger charge is 2.37. The van der Waals surface area contributed by atoms with Gasteiger partial charge in [0.2, 0.25) is 0 Å². The predicted molar refractivity (Wildman–Crippen MR) is 80.0 cm³/mol. The van der Waals surface area contributed by atoms with Crippen LogP contribution in [-0.4, -0.2) is 71.7 Å². The largest absolute Gasteiger partial charge is 0.480 e. The Hall–Kier alpha value is -0.650. The molecule has 2 aliphatic rings. The molecule has 5 nitrogen and oxygen atoms in total. The summed E-state index contributed by atoms with van der Waals surface area (Å²) in [4.78, 5) is 16.5. The van der Waals surface area contributed by atoms with Crippen molar-refractivity contribution in [2.75, 3.05) is 39.3 Å². The third kappa shape index (κ3) is 3.71. The summed E-state index contributed by atoms with van der Waals surface area (Å²) in [6.07, 6.45) is 4.67. The fourth-order valence-electron chi connectivity index (χ4n) is 3.47. The zero-order valence-corrected chi connectivity index (χ0v) is 12.9. The molecule has 2 aliphatic heterocycles. The first-order valence-electron chi connectivity index (χ1n) is 8.00. The SMILES string of the molecule is CCCNC(C)(CN1CCCN2CCCC2C1)C(=O)O. The van der Waals surface area contributed by atoms with Gasteiger partial charge in [0, 0.05) is 19.1 Å². The molecule has 116 valence electrons. The van der Waals surface area contributed by atoms with Gasteiger partial charge in [-0.15, -0.1) is 0 Å². The Balaban J connectivity index is 1.96. The molecule has 2 N–H and O–H groups in total. The van der Waals surface area contributed by atoms with Gasteiger partial charge in [0.15, 0.2) is 0 Å². The van der Waals surface area contributed by atoms with Crippen molar-refractivity contribution in [2.45, 2.75) is 51.1 Å². The first-order valence-corrected chi connectivity index (χ1v) is 8.00. The molecule has 2 atom stereocenters. The third-order valence-corrected chi connectivity index (χ3v) is 4.66. The zero-order chi connectivity index (χ0) is 14.6. The minimum Gasteiger partial charge on any atom is -0.480 e. The van der Waals surface area contributed by atoms with E-state index < -0.39 is 11.5 Å². The van der Waals surface area contributed by atoms with Gasteiger partial charge in [-0.3, -0.25) is 14.6 Å². The number of rotatable bonds is 6. The summed E-state index contributed by atoms with van der Waals surface area (Å²) in [6, 6.07) is 0.640. The van der Waals surface area contributed by atoms with E-state index in [1.54, 1.807) is 0 Å². The van der Waals surface area contributed by atoms with Crippen molar-refractivity contribution in [3.05, 3.63) is 0 Å². The van der Waals surface area contributed by atoms with E-state index in [1.807, 2.05) is 6.92 Å². The molecular weight excluding hydrogens is 254 g/mol. The Morgan fingerprint density at radius 2 is 2.10 bits per heavy atom. The Kier molecular flexibility index (Phi) is 5.41. The van der Waals surface area contributed by atoms with Crippen molar-refractivity contribution >= 4 is 5.97 Å². The van der Waals surface area contributed by atoms with Crippen LogP contribution in [0, 0.1) is 0 Å². The van der Waals surface area contributed by atoms with Gasteiger partial charge in [-0.2, -0.15) is 0 Å². The van der Waals surface area contributed by atoms with Gasteiger partial charge >= 0.3 is 5.97 Å².